The highest BCUT2D eigenvalue weighted by molar-refractivity contribution is 6.00. The lowest BCUT2D eigenvalue weighted by atomic mass is 9.85. The lowest BCUT2D eigenvalue weighted by molar-refractivity contribution is -0.127. The quantitative estimate of drug-likeness (QED) is 0.923. The molecular formula is C19H26N2O3. The fourth-order valence-electron chi connectivity index (χ4n) is 3.73. The molecule has 0 spiro atoms. The lowest BCUT2D eigenvalue weighted by Gasteiger charge is -2.30. The Morgan fingerprint density at radius 3 is 2.58 bits per heavy atom. The Bertz CT molecular complexity index is 599. The Labute approximate surface area is 143 Å². The summed E-state index contributed by atoms with van der Waals surface area (Å²) >= 11 is 0. The molecule has 1 aliphatic carbocycles. The first-order valence-corrected chi connectivity index (χ1v) is 8.83. The van der Waals surface area contributed by atoms with E-state index in [1.54, 1.807) is 12.0 Å². The first-order chi connectivity index (χ1) is 11.6. The molecule has 5 nitrogen and oxygen atoms in total. The molecule has 2 aliphatic rings. The predicted molar refractivity (Wildman–Crippen MR) is 93.0 cm³/mol. The second kappa shape index (κ2) is 7.24. The summed E-state index contributed by atoms with van der Waals surface area (Å²) in [5, 5.41) is 3.18. The third-order valence-electron chi connectivity index (χ3n) is 5.32. The number of hydrogen-bond donors (Lipinski definition) is 1. The molecule has 0 aromatic heterocycles. The van der Waals surface area contributed by atoms with Gasteiger partial charge in [0.25, 0.3) is 0 Å². The van der Waals surface area contributed by atoms with E-state index in [1.165, 1.54) is 19.3 Å². The van der Waals surface area contributed by atoms with E-state index in [9.17, 15) is 9.59 Å². The highest BCUT2D eigenvalue weighted by atomic mass is 16.5. The maximum Gasteiger partial charge on any atom is 0.227 e. The summed E-state index contributed by atoms with van der Waals surface area (Å²) in [5.41, 5.74) is 0.821. The normalized spacial score (nSPS) is 27.2. The number of hydrogen-bond acceptors (Lipinski definition) is 3. The number of benzene rings is 1. The van der Waals surface area contributed by atoms with Crippen molar-refractivity contribution in [1.29, 1.82) is 0 Å². The predicted octanol–water partition coefficient (Wildman–Crippen LogP) is 2.74. The summed E-state index contributed by atoms with van der Waals surface area (Å²) in [4.78, 5) is 26.6. The van der Waals surface area contributed by atoms with Crippen molar-refractivity contribution in [3.63, 3.8) is 0 Å². The van der Waals surface area contributed by atoms with E-state index in [-0.39, 0.29) is 23.8 Å². The SMILES string of the molecule is COc1ccc(N2C[C@H](C(=O)N[C@@H]3CCCC[C@@H]3C)CC2=O)cc1. The fraction of sp³-hybridized carbons (Fsp3) is 0.579. The summed E-state index contributed by atoms with van der Waals surface area (Å²) in [6.45, 7) is 2.66. The molecule has 0 bridgehead atoms. The number of carbonyl (C=O) groups is 2. The number of amides is 2. The van der Waals surface area contributed by atoms with Crippen LogP contribution in [0.5, 0.6) is 5.75 Å². The van der Waals surface area contributed by atoms with Crippen molar-refractivity contribution in [3.8, 4) is 5.75 Å². The van der Waals surface area contributed by atoms with Gasteiger partial charge in [0.2, 0.25) is 11.8 Å². The molecule has 2 amide bonds. The maximum absolute atomic E-state index is 12.6. The van der Waals surface area contributed by atoms with Crippen molar-refractivity contribution in [2.75, 3.05) is 18.6 Å². The number of methoxy groups -OCH3 is 1. The fourth-order valence-corrected chi connectivity index (χ4v) is 3.73. The van der Waals surface area contributed by atoms with E-state index in [1.807, 2.05) is 24.3 Å². The van der Waals surface area contributed by atoms with E-state index in [4.69, 9.17) is 4.74 Å². The smallest absolute Gasteiger partial charge is 0.227 e. The van der Waals surface area contributed by atoms with E-state index >= 15 is 0 Å². The van der Waals surface area contributed by atoms with Crippen LogP contribution in [0.15, 0.2) is 24.3 Å². The van der Waals surface area contributed by atoms with Crippen molar-refractivity contribution in [1.82, 2.24) is 5.32 Å². The van der Waals surface area contributed by atoms with Crippen LogP contribution in [-0.4, -0.2) is 31.5 Å². The Morgan fingerprint density at radius 1 is 1.21 bits per heavy atom. The van der Waals surface area contributed by atoms with Crippen molar-refractivity contribution in [3.05, 3.63) is 24.3 Å². The van der Waals surface area contributed by atoms with Gasteiger partial charge in [-0.05, 0) is 43.0 Å². The highest BCUT2D eigenvalue weighted by Gasteiger charge is 2.36. The maximum atomic E-state index is 12.6. The second-order valence-electron chi connectivity index (χ2n) is 6.98. The Morgan fingerprint density at radius 2 is 1.92 bits per heavy atom. The van der Waals surface area contributed by atoms with E-state index in [0.29, 0.717) is 18.9 Å². The van der Waals surface area contributed by atoms with Gasteiger partial charge in [-0.1, -0.05) is 19.8 Å². The number of anilines is 1. The first kappa shape index (κ1) is 16.8. The average molecular weight is 330 g/mol. The molecule has 1 heterocycles. The molecule has 0 radical (unpaired) electrons. The average Bonchev–Trinajstić information content (AvgIpc) is 2.99. The van der Waals surface area contributed by atoms with Gasteiger partial charge >= 0.3 is 0 Å². The zero-order chi connectivity index (χ0) is 17.1. The molecule has 1 saturated heterocycles. The number of carbonyl (C=O) groups excluding carboxylic acids is 2. The van der Waals surface area contributed by atoms with E-state index in [0.717, 1.165) is 17.9 Å². The van der Waals surface area contributed by atoms with Crippen LogP contribution in [-0.2, 0) is 9.59 Å². The Kier molecular flexibility index (Phi) is 5.07. The summed E-state index contributed by atoms with van der Waals surface area (Å²) in [5.74, 6) is 1.06. The van der Waals surface area contributed by atoms with E-state index in [2.05, 4.69) is 12.2 Å². The van der Waals surface area contributed by atoms with Crippen LogP contribution in [0.3, 0.4) is 0 Å². The number of nitrogens with zero attached hydrogens (tertiary/aromatic N) is 1. The molecule has 1 aromatic rings. The molecule has 1 saturated carbocycles. The zero-order valence-corrected chi connectivity index (χ0v) is 14.5. The van der Waals surface area contributed by atoms with Crippen LogP contribution >= 0.6 is 0 Å². The standard InChI is InChI=1S/C19H26N2O3/c1-13-5-3-4-6-17(13)20-19(23)14-11-18(22)21(12-14)15-7-9-16(24-2)10-8-15/h7-10,13-14,17H,3-6,11-12H2,1-2H3,(H,20,23)/t13-,14+,17+/m0/s1. The van der Waals surface area contributed by atoms with Crippen LogP contribution in [0.4, 0.5) is 5.69 Å². The second-order valence-corrected chi connectivity index (χ2v) is 6.98. The van der Waals surface area contributed by atoms with Crippen molar-refractivity contribution < 1.29 is 14.3 Å². The van der Waals surface area contributed by atoms with Gasteiger partial charge in [0.15, 0.2) is 0 Å². The topological polar surface area (TPSA) is 58.6 Å². The van der Waals surface area contributed by atoms with Gasteiger partial charge in [0, 0.05) is 24.7 Å². The van der Waals surface area contributed by atoms with Crippen molar-refractivity contribution in [2.45, 2.75) is 45.1 Å². The van der Waals surface area contributed by atoms with Gasteiger partial charge in [-0.2, -0.15) is 0 Å². The molecule has 5 heteroatoms. The van der Waals surface area contributed by atoms with Gasteiger partial charge in [-0.3, -0.25) is 9.59 Å². The minimum absolute atomic E-state index is 0.0111. The van der Waals surface area contributed by atoms with Gasteiger partial charge < -0.3 is 15.0 Å². The summed E-state index contributed by atoms with van der Waals surface area (Å²) in [6.07, 6.45) is 4.94. The number of ether oxygens (including phenoxy) is 1. The van der Waals surface area contributed by atoms with Gasteiger partial charge in [-0.15, -0.1) is 0 Å². The number of nitrogens with one attached hydrogen (secondary N) is 1. The molecule has 1 aromatic carbocycles. The van der Waals surface area contributed by atoms with Crippen LogP contribution < -0.4 is 15.0 Å². The lowest BCUT2D eigenvalue weighted by Crippen LogP contribution is -2.44. The van der Waals surface area contributed by atoms with Crippen LogP contribution in [0, 0.1) is 11.8 Å². The molecule has 24 heavy (non-hydrogen) atoms. The van der Waals surface area contributed by atoms with Gasteiger partial charge in [-0.25, -0.2) is 0 Å². The Hall–Kier alpha value is -2.04. The molecule has 1 aliphatic heterocycles. The summed E-state index contributed by atoms with van der Waals surface area (Å²) < 4.78 is 5.15. The minimum Gasteiger partial charge on any atom is -0.497 e. The largest absolute Gasteiger partial charge is 0.497 e. The van der Waals surface area contributed by atoms with E-state index < -0.39 is 0 Å². The minimum atomic E-state index is -0.256. The molecule has 3 atom stereocenters. The van der Waals surface area contributed by atoms with Crippen LogP contribution in [0.1, 0.15) is 39.0 Å². The monoisotopic (exact) mass is 330 g/mol. The van der Waals surface area contributed by atoms with Crippen molar-refractivity contribution >= 4 is 17.5 Å². The summed E-state index contributed by atoms with van der Waals surface area (Å²) in [6, 6.07) is 7.65. The third kappa shape index (κ3) is 3.55. The highest BCUT2D eigenvalue weighted by Crippen LogP contribution is 2.28. The van der Waals surface area contributed by atoms with Crippen LogP contribution in [0.25, 0.3) is 0 Å². The zero-order valence-electron chi connectivity index (χ0n) is 14.5. The van der Waals surface area contributed by atoms with Gasteiger partial charge in [0.05, 0.1) is 13.0 Å². The third-order valence-corrected chi connectivity index (χ3v) is 5.32. The molecule has 0 unspecified atom stereocenters. The molecular weight excluding hydrogens is 304 g/mol. The van der Waals surface area contributed by atoms with Crippen LogP contribution in [0.2, 0.25) is 0 Å². The molecule has 1 N–H and O–H groups in total. The summed E-state index contributed by atoms with van der Waals surface area (Å²) in [7, 11) is 1.61. The molecule has 2 fully saturated rings. The first-order valence-electron chi connectivity index (χ1n) is 8.83. The number of rotatable bonds is 4. The van der Waals surface area contributed by atoms with Crippen molar-refractivity contribution in [2.24, 2.45) is 11.8 Å². The molecule has 130 valence electrons. The Balaban J connectivity index is 1.62. The molecule has 3 rings (SSSR count). The van der Waals surface area contributed by atoms with Gasteiger partial charge in [0.1, 0.15) is 5.75 Å².